The highest BCUT2D eigenvalue weighted by Crippen LogP contribution is 2.28. The zero-order chi connectivity index (χ0) is 16.9. The van der Waals surface area contributed by atoms with Gasteiger partial charge in [0.15, 0.2) is 0 Å². The first kappa shape index (κ1) is 16.0. The molecule has 2 aromatic carbocycles. The fourth-order valence-electron chi connectivity index (χ4n) is 3.75. The molecule has 0 atom stereocenters. The van der Waals surface area contributed by atoms with Crippen molar-refractivity contribution in [2.45, 2.75) is 25.3 Å². The van der Waals surface area contributed by atoms with Gasteiger partial charge < -0.3 is 0 Å². The van der Waals surface area contributed by atoms with Crippen LogP contribution in [0.3, 0.4) is 0 Å². The first-order valence-corrected chi connectivity index (χ1v) is 9.16. The predicted molar refractivity (Wildman–Crippen MR) is 103 cm³/mol. The standard InChI is InChI=1S/C23H24N2/c1-3-7-19(8-4-1)21-12-15-25(16-13-21)18-23-17-22(11-14-24-23)20-9-5-2-6-10-20/h1-11,14,17,21H,12-13,15-16,18H2. The second-order valence-electron chi connectivity index (χ2n) is 6.86. The average molecular weight is 328 g/mol. The zero-order valence-electron chi connectivity index (χ0n) is 14.5. The molecule has 2 nitrogen and oxygen atoms in total. The number of piperidine rings is 1. The van der Waals surface area contributed by atoms with Crippen LogP contribution in [0.4, 0.5) is 0 Å². The van der Waals surface area contributed by atoms with Gasteiger partial charge in [-0.3, -0.25) is 9.88 Å². The molecule has 1 fully saturated rings. The van der Waals surface area contributed by atoms with Gasteiger partial charge in [0.25, 0.3) is 0 Å². The number of rotatable bonds is 4. The lowest BCUT2D eigenvalue weighted by Gasteiger charge is -2.32. The van der Waals surface area contributed by atoms with Crippen molar-refractivity contribution < 1.29 is 0 Å². The highest BCUT2D eigenvalue weighted by Gasteiger charge is 2.20. The van der Waals surface area contributed by atoms with Gasteiger partial charge in [0.2, 0.25) is 0 Å². The van der Waals surface area contributed by atoms with E-state index >= 15 is 0 Å². The summed E-state index contributed by atoms with van der Waals surface area (Å²) in [7, 11) is 0. The molecule has 0 radical (unpaired) electrons. The zero-order valence-corrected chi connectivity index (χ0v) is 14.5. The number of benzene rings is 2. The van der Waals surface area contributed by atoms with Crippen LogP contribution in [-0.2, 0) is 6.54 Å². The monoisotopic (exact) mass is 328 g/mol. The first-order valence-electron chi connectivity index (χ1n) is 9.16. The van der Waals surface area contributed by atoms with E-state index in [0.717, 1.165) is 19.6 Å². The predicted octanol–water partition coefficient (Wildman–Crippen LogP) is 5.13. The highest BCUT2D eigenvalue weighted by atomic mass is 15.1. The van der Waals surface area contributed by atoms with E-state index in [2.05, 4.69) is 82.7 Å². The number of aromatic nitrogens is 1. The molecule has 0 aliphatic carbocycles. The quantitative estimate of drug-likeness (QED) is 0.660. The molecule has 4 rings (SSSR count). The van der Waals surface area contributed by atoms with Gasteiger partial charge in [0.05, 0.1) is 5.69 Å². The largest absolute Gasteiger partial charge is 0.297 e. The van der Waals surface area contributed by atoms with E-state index in [1.165, 1.54) is 35.2 Å². The number of nitrogens with zero attached hydrogens (tertiary/aromatic N) is 2. The maximum atomic E-state index is 4.59. The fourth-order valence-corrected chi connectivity index (χ4v) is 3.75. The Morgan fingerprint density at radius 2 is 1.48 bits per heavy atom. The van der Waals surface area contributed by atoms with Crippen LogP contribution in [0.15, 0.2) is 79.0 Å². The van der Waals surface area contributed by atoms with Gasteiger partial charge in [-0.05, 0) is 60.7 Å². The van der Waals surface area contributed by atoms with Gasteiger partial charge in [-0.2, -0.15) is 0 Å². The molecule has 1 aliphatic rings. The molecule has 126 valence electrons. The molecule has 2 heterocycles. The van der Waals surface area contributed by atoms with Gasteiger partial charge in [-0.25, -0.2) is 0 Å². The van der Waals surface area contributed by atoms with E-state index in [1.807, 2.05) is 6.20 Å². The van der Waals surface area contributed by atoms with Crippen molar-refractivity contribution >= 4 is 0 Å². The fraction of sp³-hybridized carbons (Fsp3) is 0.261. The van der Waals surface area contributed by atoms with E-state index in [4.69, 9.17) is 0 Å². The van der Waals surface area contributed by atoms with Crippen LogP contribution in [0.25, 0.3) is 11.1 Å². The maximum Gasteiger partial charge on any atom is 0.0550 e. The van der Waals surface area contributed by atoms with Crippen molar-refractivity contribution in [3.8, 4) is 11.1 Å². The number of pyridine rings is 1. The smallest absolute Gasteiger partial charge is 0.0550 e. The minimum Gasteiger partial charge on any atom is -0.297 e. The van der Waals surface area contributed by atoms with Crippen molar-refractivity contribution in [3.63, 3.8) is 0 Å². The third-order valence-electron chi connectivity index (χ3n) is 5.17. The van der Waals surface area contributed by atoms with E-state index in [9.17, 15) is 0 Å². The Kier molecular flexibility index (Phi) is 4.89. The summed E-state index contributed by atoms with van der Waals surface area (Å²) in [6, 6.07) is 25.8. The molecule has 0 amide bonds. The number of likely N-dealkylation sites (tertiary alicyclic amines) is 1. The Morgan fingerprint density at radius 1 is 0.800 bits per heavy atom. The van der Waals surface area contributed by atoms with Crippen molar-refractivity contribution in [1.29, 1.82) is 0 Å². The van der Waals surface area contributed by atoms with Crippen LogP contribution in [0.1, 0.15) is 30.0 Å². The first-order chi connectivity index (χ1) is 12.4. The van der Waals surface area contributed by atoms with E-state index in [1.54, 1.807) is 0 Å². The summed E-state index contributed by atoms with van der Waals surface area (Å²) in [4.78, 5) is 7.13. The molecule has 0 bridgehead atoms. The second-order valence-corrected chi connectivity index (χ2v) is 6.86. The number of hydrogen-bond donors (Lipinski definition) is 0. The molecule has 1 aliphatic heterocycles. The van der Waals surface area contributed by atoms with Crippen molar-refractivity contribution in [3.05, 3.63) is 90.3 Å². The van der Waals surface area contributed by atoms with E-state index in [0.29, 0.717) is 5.92 Å². The molecule has 0 saturated carbocycles. The Balaban J connectivity index is 1.39. The SMILES string of the molecule is c1ccc(-c2ccnc(CN3CCC(c4ccccc4)CC3)c2)cc1. The summed E-state index contributed by atoms with van der Waals surface area (Å²) in [5.41, 5.74) is 5.17. The van der Waals surface area contributed by atoms with Crippen LogP contribution in [0, 0.1) is 0 Å². The Bertz CT molecular complexity index is 791. The Hall–Kier alpha value is -2.45. The summed E-state index contributed by atoms with van der Waals surface area (Å²) in [6.07, 6.45) is 4.42. The van der Waals surface area contributed by atoms with Crippen molar-refractivity contribution in [2.24, 2.45) is 0 Å². The lowest BCUT2D eigenvalue weighted by Crippen LogP contribution is -2.32. The minimum absolute atomic E-state index is 0.709. The summed E-state index contributed by atoms with van der Waals surface area (Å²) in [6.45, 7) is 3.25. The average Bonchev–Trinajstić information content (AvgIpc) is 2.70. The summed E-state index contributed by atoms with van der Waals surface area (Å²) in [5.74, 6) is 0.709. The molecular formula is C23H24N2. The normalized spacial score (nSPS) is 16.0. The lowest BCUT2D eigenvalue weighted by molar-refractivity contribution is 0.202. The van der Waals surface area contributed by atoms with Crippen LogP contribution < -0.4 is 0 Å². The molecule has 25 heavy (non-hydrogen) atoms. The van der Waals surface area contributed by atoms with Gasteiger partial charge in [0, 0.05) is 12.7 Å². The molecular weight excluding hydrogens is 304 g/mol. The lowest BCUT2D eigenvalue weighted by atomic mass is 9.89. The third kappa shape index (κ3) is 3.97. The Labute approximate surface area is 150 Å². The van der Waals surface area contributed by atoms with Crippen LogP contribution in [0.5, 0.6) is 0 Å². The van der Waals surface area contributed by atoms with Crippen LogP contribution >= 0.6 is 0 Å². The molecule has 3 aromatic rings. The molecule has 0 spiro atoms. The van der Waals surface area contributed by atoms with Gasteiger partial charge >= 0.3 is 0 Å². The topological polar surface area (TPSA) is 16.1 Å². The van der Waals surface area contributed by atoms with Crippen molar-refractivity contribution in [2.75, 3.05) is 13.1 Å². The summed E-state index contributed by atoms with van der Waals surface area (Å²) < 4.78 is 0. The maximum absolute atomic E-state index is 4.59. The molecule has 0 N–H and O–H groups in total. The Morgan fingerprint density at radius 3 is 2.20 bits per heavy atom. The third-order valence-corrected chi connectivity index (χ3v) is 5.17. The molecule has 0 unspecified atom stereocenters. The van der Waals surface area contributed by atoms with E-state index < -0.39 is 0 Å². The van der Waals surface area contributed by atoms with Crippen LogP contribution in [0.2, 0.25) is 0 Å². The summed E-state index contributed by atoms with van der Waals surface area (Å²) in [5, 5.41) is 0. The van der Waals surface area contributed by atoms with Gasteiger partial charge in [-0.15, -0.1) is 0 Å². The molecule has 1 saturated heterocycles. The highest BCUT2D eigenvalue weighted by molar-refractivity contribution is 5.63. The minimum atomic E-state index is 0.709. The molecule has 1 aromatic heterocycles. The van der Waals surface area contributed by atoms with Gasteiger partial charge in [0.1, 0.15) is 0 Å². The van der Waals surface area contributed by atoms with Crippen molar-refractivity contribution in [1.82, 2.24) is 9.88 Å². The second kappa shape index (κ2) is 7.62. The number of hydrogen-bond acceptors (Lipinski definition) is 2. The van der Waals surface area contributed by atoms with Crippen LogP contribution in [-0.4, -0.2) is 23.0 Å². The summed E-state index contributed by atoms with van der Waals surface area (Å²) >= 11 is 0. The molecule has 2 heteroatoms. The van der Waals surface area contributed by atoms with Gasteiger partial charge in [-0.1, -0.05) is 60.7 Å². The van der Waals surface area contributed by atoms with E-state index in [-0.39, 0.29) is 0 Å².